The number of fused-ring (bicyclic) bond motifs is 1. The molecular weight excluding hydrogens is 246 g/mol. The van der Waals surface area contributed by atoms with Gasteiger partial charge in [0.15, 0.2) is 0 Å². The highest BCUT2D eigenvalue weighted by Gasteiger charge is 2.18. The number of nitrogens with zero attached hydrogens (tertiary/aromatic N) is 1. The summed E-state index contributed by atoms with van der Waals surface area (Å²) in [7, 11) is 0. The minimum absolute atomic E-state index is 0.784. The van der Waals surface area contributed by atoms with Crippen LogP contribution in [0, 0.1) is 11.8 Å². The van der Waals surface area contributed by atoms with Crippen molar-refractivity contribution in [3.63, 3.8) is 0 Å². The van der Waals surface area contributed by atoms with Crippen LogP contribution in [0.15, 0.2) is 30.6 Å². The van der Waals surface area contributed by atoms with Crippen LogP contribution >= 0.6 is 0 Å². The van der Waals surface area contributed by atoms with E-state index in [2.05, 4.69) is 29.4 Å². The van der Waals surface area contributed by atoms with E-state index in [1.54, 1.807) is 6.20 Å². The summed E-state index contributed by atoms with van der Waals surface area (Å²) in [5, 5.41) is 5.73. The topological polar surface area (TPSA) is 50.9 Å². The van der Waals surface area contributed by atoms with Crippen LogP contribution in [0.2, 0.25) is 0 Å². The van der Waals surface area contributed by atoms with Gasteiger partial charge >= 0.3 is 0 Å². The molecule has 2 atom stereocenters. The van der Waals surface area contributed by atoms with Crippen LogP contribution in [-0.4, -0.2) is 11.5 Å². The van der Waals surface area contributed by atoms with Crippen LogP contribution in [0.4, 0.5) is 11.4 Å². The van der Waals surface area contributed by atoms with E-state index < -0.39 is 0 Å². The van der Waals surface area contributed by atoms with E-state index in [0.29, 0.717) is 0 Å². The van der Waals surface area contributed by atoms with Gasteiger partial charge in [0.05, 0.1) is 11.4 Å². The molecule has 20 heavy (non-hydrogen) atoms. The summed E-state index contributed by atoms with van der Waals surface area (Å²) >= 11 is 0. The molecule has 1 aromatic carbocycles. The van der Waals surface area contributed by atoms with Crippen LogP contribution < -0.4 is 11.1 Å². The Morgan fingerprint density at radius 3 is 3.05 bits per heavy atom. The molecule has 0 bridgehead atoms. The van der Waals surface area contributed by atoms with Gasteiger partial charge in [0, 0.05) is 29.7 Å². The fourth-order valence-electron chi connectivity index (χ4n) is 3.35. The van der Waals surface area contributed by atoms with Gasteiger partial charge in [-0.15, -0.1) is 0 Å². The number of nitrogens with one attached hydrogen (secondary N) is 1. The first-order valence-corrected chi connectivity index (χ1v) is 7.60. The summed E-state index contributed by atoms with van der Waals surface area (Å²) in [6.07, 6.45) is 9.09. The lowest BCUT2D eigenvalue weighted by atomic mass is 9.82. The molecule has 0 saturated heterocycles. The van der Waals surface area contributed by atoms with E-state index in [0.717, 1.165) is 40.5 Å². The number of aromatic nitrogens is 1. The van der Waals surface area contributed by atoms with Gasteiger partial charge in [0.2, 0.25) is 0 Å². The number of hydrogen-bond acceptors (Lipinski definition) is 3. The average molecular weight is 269 g/mol. The Hall–Kier alpha value is -1.77. The van der Waals surface area contributed by atoms with Crippen molar-refractivity contribution in [2.75, 3.05) is 17.6 Å². The number of nitrogen functional groups attached to an aromatic ring is 1. The highest BCUT2D eigenvalue weighted by molar-refractivity contribution is 5.98. The van der Waals surface area contributed by atoms with Gasteiger partial charge in [0.1, 0.15) is 0 Å². The molecule has 3 nitrogen and oxygen atoms in total. The van der Waals surface area contributed by atoms with Crippen molar-refractivity contribution in [2.24, 2.45) is 11.8 Å². The Labute approximate surface area is 120 Å². The van der Waals surface area contributed by atoms with Crippen LogP contribution in [-0.2, 0) is 0 Å². The summed E-state index contributed by atoms with van der Waals surface area (Å²) in [6.45, 7) is 3.40. The highest BCUT2D eigenvalue weighted by atomic mass is 14.9. The van der Waals surface area contributed by atoms with Crippen molar-refractivity contribution in [2.45, 2.75) is 32.6 Å². The normalized spacial score (nSPS) is 22.9. The molecule has 2 aromatic rings. The third kappa shape index (κ3) is 2.72. The maximum Gasteiger partial charge on any atom is 0.0630 e. The van der Waals surface area contributed by atoms with Crippen molar-refractivity contribution >= 4 is 22.1 Å². The zero-order valence-electron chi connectivity index (χ0n) is 12.1. The molecule has 1 aliphatic rings. The zero-order valence-corrected chi connectivity index (χ0v) is 12.1. The summed E-state index contributed by atoms with van der Waals surface area (Å²) < 4.78 is 0. The number of hydrogen-bond donors (Lipinski definition) is 2. The highest BCUT2D eigenvalue weighted by Crippen LogP contribution is 2.31. The molecule has 3 heteroatoms. The summed E-state index contributed by atoms with van der Waals surface area (Å²) in [5.74, 6) is 1.65. The van der Waals surface area contributed by atoms with Crippen molar-refractivity contribution in [1.82, 2.24) is 4.98 Å². The van der Waals surface area contributed by atoms with E-state index in [4.69, 9.17) is 5.73 Å². The van der Waals surface area contributed by atoms with E-state index in [1.165, 1.54) is 25.7 Å². The van der Waals surface area contributed by atoms with Gasteiger partial charge in [-0.1, -0.05) is 25.8 Å². The minimum atomic E-state index is 0.784. The average Bonchev–Trinajstić information content (AvgIpc) is 2.47. The molecule has 1 aliphatic carbocycles. The molecule has 1 heterocycles. The predicted molar refractivity (Wildman–Crippen MR) is 85.8 cm³/mol. The molecule has 0 aliphatic heterocycles. The quantitative estimate of drug-likeness (QED) is 0.826. The molecule has 106 valence electrons. The maximum atomic E-state index is 6.27. The molecule has 0 amide bonds. The lowest BCUT2D eigenvalue weighted by Crippen LogP contribution is -2.21. The van der Waals surface area contributed by atoms with Crippen LogP contribution in [0.25, 0.3) is 10.8 Å². The Morgan fingerprint density at radius 1 is 1.30 bits per heavy atom. The molecule has 1 saturated carbocycles. The molecule has 1 fully saturated rings. The van der Waals surface area contributed by atoms with Crippen molar-refractivity contribution in [3.05, 3.63) is 30.6 Å². The monoisotopic (exact) mass is 269 g/mol. The van der Waals surface area contributed by atoms with Crippen molar-refractivity contribution in [1.29, 1.82) is 0 Å². The minimum Gasteiger partial charge on any atom is -0.397 e. The Kier molecular flexibility index (Phi) is 3.77. The molecular formula is C17H23N3. The standard InChI is InChI=1S/C17H23N3/c1-12-3-2-4-13(9-12)10-20-16-6-5-14-11-19-8-7-15(14)17(16)18/h5-8,11-13,20H,2-4,9-10,18H2,1H3. The number of rotatable bonds is 3. The van der Waals surface area contributed by atoms with Gasteiger partial charge in [-0.3, -0.25) is 4.98 Å². The smallest absolute Gasteiger partial charge is 0.0630 e. The third-order valence-electron chi connectivity index (χ3n) is 4.49. The first-order valence-electron chi connectivity index (χ1n) is 7.60. The zero-order chi connectivity index (χ0) is 13.9. The lowest BCUT2D eigenvalue weighted by molar-refractivity contribution is 0.293. The van der Waals surface area contributed by atoms with Crippen molar-refractivity contribution < 1.29 is 0 Å². The van der Waals surface area contributed by atoms with Gasteiger partial charge in [-0.2, -0.15) is 0 Å². The van der Waals surface area contributed by atoms with Gasteiger partial charge < -0.3 is 11.1 Å². The summed E-state index contributed by atoms with van der Waals surface area (Å²) in [5.41, 5.74) is 8.17. The van der Waals surface area contributed by atoms with Gasteiger partial charge in [-0.05, 0) is 36.8 Å². The number of nitrogens with two attached hydrogens (primary N) is 1. The van der Waals surface area contributed by atoms with E-state index >= 15 is 0 Å². The van der Waals surface area contributed by atoms with E-state index in [-0.39, 0.29) is 0 Å². The fraction of sp³-hybridized carbons (Fsp3) is 0.471. The van der Waals surface area contributed by atoms with Crippen LogP contribution in [0.3, 0.4) is 0 Å². The van der Waals surface area contributed by atoms with Crippen LogP contribution in [0.1, 0.15) is 32.6 Å². The van der Waals surface area contributed by atoms with E-state index in [9.17, 15) is 0 Å². The fourth-order valence-corrected chi connectivity index (χ4v) is 3.35. The van der Waals surface area contributed by atoms with E-state index in [1.807, 2.05) is 12.3 Å². The molecule has 3 N–H and O–H groups in total. The Morgan fingerprint density at radius 2 is 2.20 bits per heavy atom. The first-order chi connectivity index (χ1) is 9.74. The second-order valence-electron chi connectivity index (χ2n) is 6.14. The Balaban J connectivity index is 1.72. The van der Waals surface area contributed by atoms with Crippen molar-refractivity contribution in [3.8, 4) is 0 Å². The second kappa shape index (κ2) is 5.70. The molecule has 1 aromatic heterocycles. The van der Waals surface area contributed by atoms with Crippen LogP contribution in [0.5, 0.6) is 0 Å². The molecule has 3 rings (SSSR count). The third-order valence-corrected chi connectivity index (χ3v) is 4.49. The summed E-state index contributed by atoms with van der Waals surface area (Å²) in [6, 6.07) is 6.15. The second-order valence-corrected chi connectivity index (χ2v) is 6.14. The Bertz CT molecular complexity index is 594. The maximum absolute atomic E-state index is 6.27. The predicted octanol–water partition coefficient (Wildman–Crippen LogP) is 4.06. The SMILES string of the molecule is CC1CCCC(CNc2ccc3cnccc3c2N)C1. The summed E-state index contributed by atoms with van der Waals surface area (Å²) in [4.78, 5) is 4.14. The largest absolute Gasteiger partial charge is 0.397 e. The molecule has 2 unspecified atom stereocenters. The molecule has 0 radical (unpaired) electrons. The lowest BCUT2D eigenvalue weighted by Gasteiger charge is -2.27. The number of benzene rings is 1. The first kappa shape index (κ1) is 13.2. The number of pyridine rings is 1. The molecule has 0 spiro atoms. The van der Waals surface area contributed by atoms with Gasteiger partial charge in [-0.25, -0.2) is 0 Å². The number of anilines is 2. The van der Waals surface area contributed by atoms with Gasteiger partial charge in [0.25, 0.3) is 0 Å².